The van der Waals surface area contributed by atoms with Gasteiger partial charge in [0.1, 0.15) is 0 Å². The summed E-state index contributed by atoms with van der Waals surface area (Å²) >= 11 is 0. The first-order valence-corrected chi connectivity index (χ1v) is 13.6. The maximum absolute atomic E-state index is 12.1. The van der Waals surface area contributed by atoms with Crippen molar-refractivity contribution in [2.75, 3.05) is 19.7 Å². The Morgan fingerprint density at radius 3 is 2.31 bits per heavy atom. The van der Waals surface area contributed by atoms with Gasteiger partial charge in [-0.05, 0) is 42.5 Å². The average molecular weight is 542 g/mol. The monoisotopic (exact) mass is 541 g/mol. The van der Waals surface area contributed by atoms with Gasteiger partial charge in [0.2, 0.25) is 11.8 Å². The van der Waals surface area contributed by atoms with Gasteiger partial charge in [-0.15, -0.1) is 0 Å². The number of aliphatic hydroxyl groups excluding tert-OH is 2. The van der Waals surface area contributed by atoms with Crippen molar-refractivity contribution in [3.05, 3.63) is 70.8 Å². The maximum atomic E-state index is 12.1. The van der Waals surface area contributed by atoms with Crippen molar-refractivity contribution >= 4 is 11.8 Å². The van der Waals surface area contributed by atoms with Crippen molar-refractivity contribution in [3.8, 4) is 0 Å². The molecule has 39 heavy (non-hydrogen) atoms. The molecule has 2 saturated heterocycles. The van der Waals surface area contributed by atoms with Gasteiger partial charge in [0.15, 0.2) is 6.29 Å². The van der Waals surface area contributed by atoms with E-state index in [1.165, 1.54) is 0 Å². The van der Waals surface area contributed by atoms with Gasteiger partial charge in [0.05, 0.1) is 25.4 Å². The van der Waals surface area contributed by atoms with Crippen LogP contribution in [0.5, 0.6) is 0 Å². The van der Waals surface area contributed by atoms with Gasteiger partial charge in [-0.3, -0.25) is 19.7 Å². The highest BCUT2D eigenvalue weighted by molar-refractivity contribution is 5.78. The molecule has 5 N–H and O–H groups in total. The first-order chi connectivity index (χ1) is 19.0. The molecule has 2 fully saturated rings. The predicted molar refractivity (Wildman–Crippen MR) is 142 cm³/mol. The van der Waals surface area contributed by atoms with Gasteiger partial charge < -0.3 is 25.0 Å². The molecule has 4 rings (SSSR count). The topological polar surface area (TPSA) is 141 Å². The largest absolute Gasteiger partial charge is 0.395 e. The lowest BCUT2D eigenvalue weighted by atomic mass is 9.99. The number of nitrogens with one attached hydrogen (secondary N) is 2. The van der Waals surface area contributed by atoms with E-state index in [0.717, 1.165) is 48.2 Å². The summed E-state index contributed by atoms with van der Waals surface area (Å²) in [5.74, 6) is -0.671. The van der Waals surface area contributed by atoms with E-state index in [-0.39, 0.29) is 50.2 Å². The summed E-state index contributed by atoms with van der Waals surface area (Å²) in [5, 5.41) is 30.6. The Morgan fingerprint density at radius 1 is 0.923 bits per heavy atom. The summed E-state index contributed by atoms with van der Waals surface area (Å²) in [5.41, 5.74) is 5.23. The summed E-state index contributed by atoms with van der Waals surface area (Å²) < 4.78 is 12.8. The Morgan fingerprint density at radius 2 is 1.62 bits per heavy atom. The second-order valence-electron chi connectivity index (χ2n) is 10.2. The van der Waals surface area contributed by atoms with Crippen molar-refractivity contribution in [2.45, 2.75) is 76.2 Å². The quantitative estimate of drug-likeness (QED) is 0.204. The van der Waals surface area contributed by atoms with Crippen LogP contribution in [0, 0.1) is 0 Å². The number of likely N-dealkylation sites (tertiary alicyclic amines) is 1. The first kappa shape index (κ1) is 29.1. The van der Waals surface area contributed by atoms with Crippen LogP contribution in [-0.4, -0.2) is 64.0 Å². The van der Waals surface area contributed by atoms with E-state index in [1.54, 1.807) is 5.48 Å². The fourth-order valence-corrected chi connectivity index (χ4v) is 5.18. The second kappa shape index (κ2) is 14.5. The van der Waals surface area contributed by atoms with Crippen LogP contribution < -0.4 is 10.8 Å². The molecule has 4 atom stereocenters. The van der Waals surface area contributed by atoms with Gasteiger partial charge in [-0.1, -0.05) is 48.5 Å². The fourth-order valence-electron chi connectivity index (χ4n) is 5.18. The third-order valence-electron chi connectivity index (χ3n) is 7.44. The average Bonchev–Trinajstić information content (AvgIpc) is 3.43. The van der Waals surface area contributed by atoms with E-state index in [4.69, 9.17) is 14.7 Å². The van der Waals surface area contributed by atoms with Gasteiger partial charge in [0, 0.05) is 44.0 Å². The molecule has 0 spiro atoms. The third-order valence-corrected chi connectivity index (χ3v) is 7.44. The Hall–Kier alpha value is -2.86. The van der Waals surface area contributed by atoms with Crippen molar-refractivity contribution in [3.63, 3.8) is 0 Å². The van der Waals surface area contributed by atoms with Crippen molar-refractivity contribution < 1.29 is 34.5 Å². The van der Waals surface area contributed by atoms with E-state index in [1.807, 2.05) is 48.5 Å². The number of nitrogens with zero attached hydrogens (tertiary/aromatic N) is 1. The summed E-state index contributed by atoms with van der Waals surface area (Å²) in [7, 11) is 0. The van der Waals surface area contributed by atoms with Crippen LogP contribution in [-0.2, 0) is 32.2 Å². The highest BCUT2D eigenvalue weighted by atomic mass is 16.7. The first-order valence-electron chi connectivity index (χ1n) is 13.6. The standard InChI is InChI=1S/C29H39N3O7/c33-18-21-8-10-22(11-9-21)26-15-25(17-32-14-2-3-24(32)19-34)38-29(39-26)23-12-6-20(7-13-23)16-30-27(35)4-1-5-28(36)31-37/h6-13,24-26,29,33-34,37H,1-5,14-19H2,(H,30,35)(H,31,36)/t24-,25-,26+,29+/m0/s1. The summed E-state index contributed by atoms with van der Waals surface area (Å²) in [6.07, 6.45) is 2.57. The minimum atomic E-state index is -0.567. The molecule has 0 aromatic heterocycles. The van der Waals surface area contributed by atoms with E-state index >= 15 is 0 Å². The molecule has 0 unspecified atom stereocenters. The number of rotatable bonds is 12. The molecule has 2 amide bonds. The number of carbonyl (C=O) groups excluding carboxylic acids is 2. The van der Waals surface area contributed by atoms with Crippen LogP contribution in [0.1, 0.15) is 73.2 Å². The lowest BCUT2D eigenvalue weighted by Gasteiger charge is -2.38. The SMILES string of the molecule is O=C(CCCC(=O)NCc1ccc([C@@H]2O[C@H](CN3CCC[C@H]3CO)C[C@H](c3ccc(CO)cc3)O2)cc1)NO. The molecule has 2 aromatic carbocycles. The van der Waals surface area contributed by atoms with E-state index in [9.17, 15) is 19.8 Å². The fraction of sp³-hybridized carbons (Fsp3) is 0.517. The number of hydroxylamine groups is 1. The van der Waals surface area contributed by atoms with Gasteiger partial charge >= 0.3 is 0 Å². The zero-order valence-electron chi connectivity index (χ0n) is 22.1. The Kier molecular flexibility index (Phi) is 10.8. The molecular weight excluding hydrogens is 502 g/mol. The summed E-state index contributed by atoms with van der Waals surface area (Å²) in [6, 6.07) is 15.7. The summed E-state index contributed by atoms with van der Waals surface area (Å²) in [6.45, 7) is 2.17. The van der Waals surface area contributed by atoms with E-state index < -0.39 is 12.2 Å². The lowest BCUT2D eigenvalue weighted by molar-refractivity contribution is -0.253. The van der Waals surface area contributed by atoms with Crippen LogP contribution in [0.25, 0.3) is 0 Å². The number of ether oxygens (including phenoxy) is 2. The number of hydrogen-bond acceptors (Lipinski definition) is 8. The molecule has 0 radical (unpaired) electrons. The minimum absolute atomic E-state index is 0.00859. The van der Waals surface area contributed by atoms with E-state index in [0.29, 0.717) is 19.4 Å². The molecule has 2 aliphatic heterocycles. The molecule has 2 aromatic rings. The van der Waals surface area contributed by atoms with Crippen LogP contribution in [0.3, 0.4) is 0 Å². The van der Waals surface area contributed by atoms with Crippen molar-refractivity contribution in [2.24, 2.45) is 0 Å². The van der Waals surface area contributed by atoms with Gasteiger partial charge in [-0.25, -0.2) is 5.48 Å². The molecule has 2 heterocycles. The molecule has 0 aliphatic carbocycles. The van der Waals surface area contributed by atoms with Crippen LogP contribution >= 0.6 is 0 Å². The molecule has 2 aliphatic rings. The number of benzene rings is 2. The van der Waals surface area contributed by atoms with Gasteiger partial charge in [-0.2, -0.15) is 0 Å². The van der Waals surface area contributed by atoms with Gasteiger partial charge in [0.25, 0.3) is 0 Å². The highest BCUT2D eigenvalue weighted by Gasteiger charge is 2.35. The lowest BCUT2D eigenvalue weighted by Crippen LogP contribution is -2.42. The Balaban J connectivity index is 1.39. The molecule has 0 saturated carbocycles. The normalized spacial score (nSPS) is 23.5. The number of carbonyl (C=O) groups is 2. The number of amides is 2. The van der Waals surface area contributed by atoms with Crippen molar-refractivity contribution in [1.82, 2.24) is 15.7 Å². The predicted octanol–water partition coefficient (Wildman–Crippen LogP) is 2.47. The maximum Gasteiger partial charge on any atom is 0.243 e. The number of aliphatic hydroxyl groups is 2. The molecule has 212 valence electrons. The van der Waals surface area contributed by atoms with Crippen LogP contribution in [0.4, 0.5) is 0 Å². The minimum Gasteiger partial charge on any atom is -0.395 e. The Bertz CT molecular complexity index is 1060. The summed E-state index contributed by atoms with van der Waals surface area (Å²) in [4.78, 5) is 25.4. The molecule has 10 nitrogen and oxygen atoms in total. The van der Waals surface area contributed by atoms with Crippen molar-refractivity contribution in [1.29, 1.82) is 0 Å². The molecule has 10 heteroatoms. The molecular formula is C29H39N3O7. The second-order valence-corrected chi connectivity index (χ2v) is 10.2. The highest BCUT2D eigenvalue weighted by Crippen LogP contribution is 2.38. The van der Waals surface area contributed by atoms with E-state index in [2.05, 4.69) is 10.2 Å². The molecule has 0 bridgehead atoms. The number of hydrogen-bond donors (Lipinski definition) is 5. The zero-order chi connectivity index (χ0) is 27.6. The Labute approximate surface area is 228 Å². The van der Waals surface area contributed by atoms with Crippen LogP contribution in [0.15, 0.2) is 48.5 Å². The van der Waals surface area contributed by atoms with Crippen LogP contribution in [0.2, 0.25) is 0 Å². The zero-order valence-corrected chi connectivity index (χ0v) is 22.1. The smallest absolute Gasteiger partial charge is 0.243 e. The third kappa shape index (κ3) is 8.31.